The molecule has 3 aromatic rings. The molecule has 0 saturated heterocycles. The van der Waals surface area contributed by atoms with Crippen molar-refractivity contribution >= 4 is 34.3 Å². The largest absolute Gasteiger partial charge is 0.478 e. The molecule has 1 aliphatic heterocycles. The molecule has 1 unspecified atom stereocenters. The number of amides is 1. The lowest BCUT2D eigenvalue weighted by Crippen LogP contribution is -2.44. The number of pyridine rings is 1. The van der Waals surface area contributed by atoms with Crippen LogP contribution in [0.2, 0.25) is 5.02 Å². The molecule has 1 fully saturated rings. The minimum atomic E-state index is -0.486. The molecule has 1 aliphatic carbocycles. The van der Waals surface area contributed by atoms with Crippen LogP contribution in [0.4, 0.5) is 0 Å². The molecule has 7 heteroatoms. The number of halogens is 1. The van der Waals surface area contributed by atoms with Crippen molar-refractivity contribution in [3.8, 4) is 5.75 Å². The number of hydrogen-bond donors (Lipinski definition) is 1. The summed E-state index contributed by atoms with van der Waals surface area (Å²) in [5.41, 5.74) is 1.69. The van der Waals surface area contributed by atoms with Crippen LogP contribution in [0.1, 0.15) is 48.2 Å². The zero-order chi connectivity index (χ0) is 21.4. The van der Waals surface area contributed by atoms with E-state index in [0.29, 0.717) is 40.9 Å². The van der Waals surface area contributed by atoms with Crippen LogP contribution in [0.5, 0.6) is 5.75 Å². The van der Waals surface area contributed by atoms with Gasteiger partial charge in [-0.25, -0.2) is 0 Å². The third-order valence-corrected chi connectivity index (χ3v) is 6.49. The first-order valence-electron chi connectivity index (χ1n) is 10.7. The van der Waals surface area contributed by atoms with Crippen LogP contribution in [-0.2, 0) is 11.2 Å². The number of aromatic nitrogens is 1. The van der Waals surface area contributed by atoms with Gasteiger partial charge in [-0.2, -0.15) is 0 Å². The highest BCUT2D eigenvalue weighted by Crippen LogP contribution is 2.31. The van der Waals surface area contributed by atoms with Gasteiger partial charge in [0.2, 0.25) is 0 Å². The molecular formula is C24H23ClN2O4. The summed E-state index contributed by atoms with van der Waals surface area (Å²) in [6.45, 7) is 0. The fraction of sp³-hybridized carbons (Fsp3) is 0.375. The highest BCUT2D eigenvalue weighted by Gasteiger charge is 2.32. The number of nitrogens with one attached hydrogen (secondary N) is 1. The van der Waals surface area contributed by atoms with Crippen molar-refractivity contribution in [3.05, 3.63) is 59.1 Å². The van der Waals surface area contributed by atoms with Crippen LogP contribution in [-0.4, -0.2) is 28.8 Å². The predicted octanol–water partition coefficient (Wildman–Crippen LogP) is 4.73. The van der Waals surface area contributed by atoms with Crippen LogP contribution in [0.15, 0.2) is 47.1 Å². The average molecular weight is 439 g/mol. The first kappa shape index (κ1) is 20.1. The van der Waals surface area contributed by atoms with Crippen LogP contribution >= 0.6 is 11.6 Å². The second-order valence-electron chi connectivity index (χ2n) is 8.44. The molecule has 31 heavy (non-hydrogen) atoms. The Morgan fingerprint density at radius 1 is 1.13 bits per heavy atom. The van der Waals surface area contributed by atoms with Crippen molar-refractivity contribution in [2.45, 2.75) is 50.7 Å². The van der Waals surface area contributed by atoms with Gasteiger partial charge in [-0.1, -0.05) is 11.6 Å². The number of carbonyl (C=O) groups excluding carboxylic acids is 2. The van der Waals surface area contributed by atoms with Crippen LogP contribution < -0.4 is 10.1 Å². The number of ether oxygens (including phenoxy) is 1. The quantitative estimate of drug-likeness (QED) is 0.582. The molecule has 1 saturated carbocycles. The monoisotopic (exact) mass is 438 g/mol. The van der Waals surface area contributed by atoms with Gasteiger partial charge in [0.25, 0.3) is 5.91 Å². The Morgan fingerprint density at radius 2 is 1.97 bits per heavy atom. The Hall–Kier alpha value is -2.86. The zero-order valence-electron chi connectivity index (χ0n) is 17.0. The Balaban J connectivity index is 1.11. The van der Waals surface area contributed by atoms with Crippen molar-refractivity contribution in [3.63, 3.8) is 0 Å². The number of furan rings is 1. The van der Waals surface area contributed by atoms with Crippen molar-refractivity contribution < 1.29 is 18.7 Å². The molecule has 3 heterocycles. The zero-order valence-corrected chi connectivity index (χ0v) is 17.7. The van der Waals surface area contributed by atoms with Crippen LogP contribution in [0.3, 0.4) is 0 Å². The molecule has 0 spiro atoms. The summed E-state index contributed by atoms with van der Waals surface area (Å²) in [5.74, 6) is 1.33. The Labute approximate surface area is 184 Å². The van der Waals surface area contributed by atoms with E-state index >= 15 is 0 Å². The number of rotatable bonds is 5. The van der Waals surface area contributed by atoms with Gasteiger partial charge in [-0.3, -0.25) is 14.6 Å². The van der Waals surface area contributed by atoms with Gasteiger partial charge in [0.15, 0.2) is 17.6 Å². The number of hydrogen-bond acceptors (Lipinski definition) is 5. The van der Waals surface area contributed by atoms with Crippen molar-refractivity contribution in [2.75, 3.05) is 0 Å². The minimum Gasteiger partial charge on any atom is -0.478 e. The number of benzene rings is 1. The second kappa shape index (κ2) is 8.35. The Kier molecular flexibility index (Phi) is 5.40. The molecule has 160 valence electrons. The second-order valence-corrected chi connectivity index (χ2v) is 8.88. The molecule has 2 aliphatic rings. The fourth-order valence-corrected chi connectivity index (χ4v) is 4.72. The molecule has 1 atom stereocenters. The first-order chi connectivity index (χ1) is 15.0. The van der Waals surface area contributed by atoms with Gasteiger partial charge in [0.05, 0.1) is 6.20 Å². The lowest BCUT2D eigenvalue weighted by atomic mass is 9.83. The van der Waals surface area contributed by atoms with E-state index in [1.165, 1.54) is 0 Å². The van der Waals surface area contributed by atoms with Gasteiger partial charge in [-0.15, -0.1) is 0 Å². The average Bonchev–Trinajstić information content (AvgIpc) is 3.39. The SMILES string of the molecule is O=C(CC1CCC(NC(=O)C2Cc3ccncc3O2)CC1)c1cc2cc(Cl)ccc2o1. The predicted molar refractivity (Wildman–Crippen MR) is 116 cm³/mol. The van der Waals surface area contributed by atoms with Crippen molar-refractivity contribution in [1.29, 1.82) is 0 Å². The van der Waals surface area contributed by atoms with Crippen molar-refractivity contribution in [1.82, 2.24) is 10.3 Å². The number of Topliss-reactive ketones (excluding diaryl/α,β-unsaturated/α-hetero) is 1. The molecule has 1 amide bonds. The van der Waals surface area contributed by atoms with Gasteiger partial charge in [0.1, 0.15) is 11.3 Å². The molecule has 1 aromatic carbocycles. The highest BCUT2D eigenvalue weighted by atomic mass is 35.5. The summed E-state index contributed by atoms with van der Waals surface area (Å²) in [4.78, 5) is 29.3. The maximum absolute atomic E-state index is 12.7. The van der Waals surface area contributed by atoms with E-state index < -0.39 is 6.10 Å². The lowest BCUT2D eigenvalue weighted by molar-refractivity contribution is -0.128. The van der Waals surface area contributed by atoms with E-state index in [-0.39, 0.29) is 17.7 Å². The van der Waals surface area contributed by atoms with Crippen molar-refractivity contribution in [2.24, 2.45) is 5.92 Å². The van der Waals surface area contributed by atoms with E-state index in [2.05, 4.69) is 10.3 Å². The molecule has 1 N–H and O–H groups in total. The van der Waals surface area contributed by atoms with Crippen LogP contribution in [0, 0.1) is 5.92 Å². The Morgan fingerprint density at radius 3 is 2.77 bits per heavy atom. The number of carbonyl (C=O) groups is 2. The molecule has 6 nitrogen and oxygen atoms in total. The van der Waals surface area contributed by atoms with Crippen LogP contribution in [0.25, 0.3) is 11.0 Å². The minimum absolute atomic E-state index is 0.0190. The third kappa shape index (κ3) is 4.30. The summed E-state index contributed by atoms with van der Waals surface area (Å²) < 4.78 is 11.4. The molecule has 0 bridgehead atoms. The molecular weight excluding hydrogens is 416 g/mol. The van der Waals surface area contributed by atoms with E-state index in [1.54, 1.807) is 36.7 Å². The molecule has 2 aromatic heterocycles. The van der Waals surface area contributed by atoms with Gasteiger partial charge in [-0.05, 0) is 61.9 Å². The maximum Gasteiger partial charge on any atom is 0.261 e. The highest BCUT2D eigenvalue weighted by molar-refractivity contribution is 6.31. The summed E-state index contributed by atoms with van der Waals surface area (Å²) in [7, 11) is 0. The maximum atomic E-state index is 12.7. The van der Waals surface area contributed by atoms with Gasteiger partial charge in [0, 0.05) is 41.1 Å². The first-order valence-corrected chi connectivity index (χ1v) is 11.0. The Bertz CT molecular complexity index is 1110. The normalized spacial score (nSPS) is 22.7. The summed E-state index contributed by atoms with van der Waals surface area (Å²) in [5, 5.41) is 4.59. The fourth-order valence-electron chi connectivity index (χ4n) is 4.54. The van der Waals surface area contributed by atoms with Gasteiger partial charge >= 0.3 is 0 Å². The summed E-state index contributed by atoms with van der Waals surface area (Å²) in [6.07, 6.45) is 7.45. The number of fused-ring (bicyclic) bond motifs is 2. The topological polar surface area (TPSA) is 81.4 Å². The summed E-state index contributed by atoms with van der Waals surface area (Å²) in [6, 6.07) is 9.12. The molecule has 0 radical (unpaired) electrons. The molecule has 5 rings (SSSR count). The summed E-state index contributed by atoms with van der Waals surface area (Å²) >= 11 is 6.01. The third-order valence-electron chi connectivity index (χ3n) is 6.26. The number of ketones is 1. The van der Waals surface area contributed by atoms with Gasteiger partial charge < -0.3 is 14.5 Å². The van der Waals surface area contributed by atoms with E-state index in [9.17, 15) is 9.59 Å². The number of nitrogens with zero attached hydrogens (tertiary/aromatic N) is 1. The van der Waals surface area contributed by atoms with E-state index in [1.807, 2.05) is 6.07 Å². The smallest absolute Gasteiger partial charge is 0.261 e. The standard InChI is InChI=1S/C24H23ClN2O4/c25-17-3-6-20-16(10-17)12-21(30-20)19(28)9-14-1-4-18(5-2-14)27-24(29)22-11-15-7-8-26-13-23(15)31-22/h3,6-8,10,12-14,18,22H,1-2,4-5,9,11H2,(H,27,29). The van der Waals surface area contributed by atoms with E-state index in [4.69, 9.17) is 20.8 Å². The van der Waals surface area contributed by atoms with E-state index in [0.717, 1.165) is 36.6 Å². The lowest BCUT2D eigenvalue weighted by Gasteiger charge is -2.29.